The van der Waals surface area contributed by atoms with Gasteiger partial charge < -0.3 is 34.0 Å². The van der Waals surface area contributed by atoms with Crippen molar-refractivity contribution in [3.05, 3.63) is 24.3 Å². The number of hydrogen-bond acceptors (Lipinski definition) is 11. The molecule has 7 rings (SSSR count). The van der Waals surface area contributed by atoms with Crippen LogP contribution in [0.15, 0.2) is 24.3 Å². The second kappa shape index (κ2) is 21.4. The molecule has 6 saturated carbocycles. The fourth-order valence-corrected chi connectivity index (χ4v) is 14.6. The van der Waals surface area contributed by atoms with Crippen molar-refractivity contribution in [2.45, 2.75) is 186 Å². The molecule has 4 bridgehead atoms. The van der Waals surface area contributed by atoms with E-state index in [1.807, 2.05) is 6.92 Å². The number of aliphatic hydroxyl groups is 2. The van der Waals surface area contributed by atoms with Crippen molar-refractivity contribution in [1.29, 1.82) is 0 Å². The van der Waals surface area contributed by atoms with Crippen LogP contribution in [0.2, 0.25) is 18.1 Å². The van der Waals surface area contributed by atoms with Crippen molar-refractivity contribution in [2.24, 2.45) is 34.5 Å². The van der Waals surface area contributed by atoms with Crippen LogP contribution in [0.3, 0.4) is 0 Å². The molecule has 1 saturated heterocycles. The van der Waals surface area contributed by atoms with E-state index in [0.29, 0.717) is 50.4 Å². The van der Waals surface area contributed by atoms with Crippen LogP contribution in [0.1, 0.15) is 137 Å². The quantitative estimate of drug-likeness (QED) is 0.0785. The maximum atomic E-state index is 12.7. The van der Waals surface area contributed by atoms with Gasteiger partial charge in [-0.1, -0.05) is 60.6 Å². The van der Waals surface area contributed by atoms with E-state index in [1.54, 1.807) is 11.8 Å². The number of Topliss-reactive ketones (excluding diaryl/α,β-unsaturated/α-hetero) is 1. The molecule has 1 aliphatic heterocycles. The molecule has 7 fully saturated rings. The Morgan fingerprint density at radius 1 is 0.852 bits per heavy atom. The van der Waals surface area contributed by atoms with Crippen LogP contribution >= 0.6 is 23.5 Å². The highest BCUT2D eigenvalue weighted by Gasteiger charge is 2.66. The molecule has 0 aromatic rings. The molecule has 0 radical (unpaired) electrons. The number of hydrogen-bond donors (Lipinski definition) is 3. The average molecular weight is 909 g/mol. The van der Waals surface area contributed by atoms with Gasteiger partial charge in [-0.15, -0.1) is 0 Å². The predicted octanol–water partition coefficient (Wildman–Crippen LogP) is 9.76. The van der Waals surface area contributed by atoms with E-state index in [1.165, 1.54) is 24.6 Å². The zero-order valence-electron chi connectivity index (χ0n) is 38.6. The lowest BCUT2D eigenvalue weighted by Gasteiger charge is -2.53. The summed E-state index contributed by atoms with van der Waals surface area (Å²) >= 11 is 3.05. The summed E-state index contributed by atoms with van der Waals surface area (Å²) in [5, 5.41) is 30.1. The van der Waals surface area contributed by atoms with Gasteiger partial charge in [0.1, 0.15) is 11.9 Å². The van der Waals surface area contributed by atoms with Gasteiger partial charge in [-0.3, -0.25) is 14.4 Å². The standard InChI is InChI=1S/C23H40O4Si.C20H30O4S.C5H10O2S/c1-16-14-18(24)17-8-7-9-22(10-11-23(20(17)22)25-12-13-26-23)15-19(16)27-28(5,6)21(2,3)4;1-3-9-25-12-18(23)24-17-10-13(2)16(22)11-20-7-4-5-14(17)19(20)15(21)6-8-20;1-2-3-8-4-5(6)7/h17-20,24H,1,7-15H2,2-6H3;14,16-17,19,22H,2-12H2,1H3;2-4H2,1H3,(H,6,7)/t17?,18-,19-,20?,22?;14?,16-,17-,19?,20?;/m11./s1. The third-order valence-electron chi connectivity index (χ3n) is 15.7. The summed E-state index contributed by atoms with van der Waals surface area (Å²) in [6.45, 7) is 25.5. The van der Waals surface area contributed by atoms with Gasteiger partial charge in [0.05, 0.1) is 43.0 Å². The normalized spacial score (nSPS) is 35.6. The Hall–Kier alpha value is -1.19. The first-order chi connectivity index (χ1) is 28.7. The van der Waals surface area contributed by atoms with Gasteiger partial charge in [-0.2, -0.15) is 23.5 Å². The van der Waals surface area contributed by atoms with Crippen LogP contribution in [0.25, 0.3) is 0 Å². The number of ketones is 1. The molecular formula is C48H80O10S2Si. The fourth-order valence-electron chi connectivity index (χ4n) is 12.0. The van der Waals surface area contributed by atoms with Crippen LogP contribution in [-0.4, -0.2) is 108 Å². The molecule has 0 aromatic heterocycles. The highest BCUT2D eigenvalue weighted by Crippen LogP contribution is 2.65. The molecule has 1 spiro atoms. The third kappa shape index (κ3) is 11.8. The lowest BCUT2D eigenvalue weighted by molar-refractivity contribution is -0.228. The summed E-state index contributed by atoms with van der Waals surface area (Å²) in [6, 6.07) is 0. The first kappa shape index (κ1) is 50.8. The minimum atomic E-state index is -1.93. The topological polar surface area (TPSA) is 149 Å². The number of aliphatic carboxylic acids is 1. The highest BCUT2D eigenvalue weighted by atomic mass is 32.2. The van der Waals surface area contributed by atoms with Gasteiger partial charge >= 0.3 is 11.9 Å². The second-order valence-corrected chi connectivity index (χ2v) is 27.8. The van der Waals surface area contributed by atoms with Crippen molar-refractivity contribution in [3.8, 4) is 0 Å². The molecule has 10 atom stereocenters. The summed E-state index contributed by atoms with van der Waals surface area (Å²) < 4.78 is 25.3. The maximum Gasteiger partial charge on any atom is 0.316 e. The first-order valence-corrected chi connectivity index (χ1v) is 28.7. The van der Waals surface area contributed by atoms with Crippen LogP contribution in [0, 0.1) is 34.5 Å². The average Bonchev–Trinajstić information content (AvgIpc) is 3.89. The zero-order chi connectivity index (χ0) is 44.8. The number of thioether (sulfide) groups is 2. The number of carbonyl (C=O) groups is 3. The largest absolute Gasteiger partial charge is 0.481 e. The summed E-state index contributed by atoms with van der Waals surface area (Å²) in [7, 11) is -1.93. The summed E-state index contributed by atoms with van der Waals surface area (Å²) in [5.74, 6) is 1.99. The van der Waals surface area contributed by atoms with Gasteiger partial charge in [0.25, 0.3) is 0 Å². The molecule has 1 heterocycles. The van der Waals surface area contributed by atoms with Gasteiger partial charge in [0.2, 0.25) is 0 Å². The number of ether oxygens (including phenoxy) is 3. The zero-order valence-corrected chi connectivity index (χ0v) is 41.2. The van der Waals surface area contributed by atoms with Crippen molar-refractivity contribution < 1.29 is 48.3 Å². The number of aliphatic hydroxyl groups excluding tert-OH is 2. The molecule has 348 valence electrons. The first-order valence-electron chi connectivity index (χ1n) is 23.5. The van der Waals surface area contributed by atoms with E-state index in [0.717, 1.165) is 86.9 Å². The van der Waals surface area contributed by atoms with Crippen LogP contribution in [-0.2, 0) is 33.0 Å². The Balaban J connectivity index is 0.000000197. The van der Waals surface area contributed by atoms with Crippen molar-refractivity contribution in [3.63, 3.8) is 0 Å². The van der Waals surface area contributed by atoms with Gasteiger partial charge in [-0.05, 0) is 128 Å². The Morgan fingerprint density at radius 2 is 1.48 bits per heavy atom. The highest BCUT2D eigenvalue weighted by molar-refractivity contribution is 8.00. The minimum absolute atomic E-state index is 0.0358. The number of rotatable bonds is 11. The lowest BCUT2D eigenvalue weighted by atomic mass is 9.56. The number of esters is 1. The molecule has 10 nitrogen and oxygen atoms in total. The Labute approximate surface area is 377 Å². The number of carbonyl (C=O) groups excluding carboxylic acids is 2. The monoisotopic (exact) mass is 908 g/mol. The second-order valence-electron chi connectivity index (χ2n) is 20.9. The van der Waals surface area contributed by atoms with Crippen molar-refractivity contribution >= 4 is 49.6 Å². The molecule has 61 heavy (non-hydrogen) atoms. The Kier molecular flexibility index (Phi) is 17.8. The van der Waals surface area contributed by atoms with E-state index in [4.69, 9.17) is 23.7 Å². The fraction of sp³-hybridized carbons (Fsp3) is 0.854. The van der Waals surface area contributed by atoms with Crippen LogP contribution in [0.4, 0.5) is 0 Å². The molecule has 3 N–H and O–H groups in total. The van der Waals surface area contributed by atoms with E-state index >= 15 is 0 Å². The summed E-state index contributed by atoms with van der Waals surface area (Å²) in [5.41, 5.74) is 1.88. The smallest absolute Gasteiger partial charge is 0.316 e. The molecule has 0 aromatic carbocycles. The van der Waals surface area contributed by atoms with Crippen LogP contribution in [0.5, 0.6) is 0 Å². The van der Waals surface area contributed by atoms with E-state index < -0.39 is 26.2 Å². The number of carboxylic acids is 1. The van der Waals surface area contributed by atoms with E-state index in [-0.39, 0.29) is 69.6 Å². The van der Waals surface area contributed by atoms with Gasteiger partial charge in [0, 0.05) is 37.0 Å². The lowest BCUT2D eigenvalue weighted by Crippen LogP contribution is -2.54. The predicted molar refractivity (Wildman–Crippen MR) is 248 cm³/mol. The van der Waals surface area contributed by atoms with Crippen LogP contribution < -0.4 is 0 Å². The SMILES string of the molecule is C=C1C[C@@H](O)C2CCCC3(CCC4(OCCO4)C23)C[C@H]1O[Si](C)(C)C(C)(C)C.C=C1C[C@@H](OC(=O)CSCCC)C2CCCC3(CCC(=O)C23)C[C@H]1O.CCCSCC(=O)O. The summed E-state index contributed by atoms with van der Waals surface area (Å²) in [6.07, 6.45) is 13.6. The molecular weight excluding hydrogens is 829 g/mol. The van der Waals surface area contributed by atoms with Crippen molar-refractivity contribution in [2.75, 3.05) is 36.2 Å². The molecule has 6 aliphatic carbocycles. The van der Waals surface area contributed by atoms with Gasteiger partial charge in [-0.25, -0.2) is 0 Å². The Bertz CT molecular complexity index is 1540. The molecule has 13 heteroatoms. The van der Waals surface area contributed by atoms with Gasteiger partial charge in [0.15, 0.2) is 14.1 Å². The third-order valence-corrected chi connectivity index (χ3v) is 22.5. The minimum Gasteiger partial charge on any atom is -0.481 e. The van der Waals surface area contributed by atoms with E-state index in [9.17, 15) is 24.6 Å². The maximum absolute atomic E-state index is 12.7. The molecule has 6 unspecified atom stereocenters. The Morgan fingerprint density at radius 3 is 2.10 bits per heavy atom. The van der Waals surface area contributed by atoms with Crippen molar-refractivity contribution in [1.82, 2.24) is 0 Å². The van der Waals surface area contributed by atoms with E-state index in [2.05, 4.69) is 53.9 Å². The molecule has 0 amide bonds. The summed E-state index contributed by atoms with van der Waals surface area (Å²) in [4.78, 5) is 34.8. The number of carboxylic acid groups (broad SMARTS) is 1. The molecule has 7 aliphatic rings.